The summed E-state index contributed by atoms with van der Waals surface area (Å²) in [5.74, 6) is 3.16. The van der Waals surface area contributed by atoms with E-state index in [0.29, 0.717) is 22.6 Å². The van der Waals surface area contributed by atoms with E-state index in [9.17, 15) is 4.79 Å². The molecule has 3 fully saturated rings. The van der Waals surface area contributed by atoms with Crippen LogP contribution >= 0.6 is 15.9 Å². The number of hydrogen-bond acceptors (Lipinski definition) is 1. The quantitative estimate of drug-likeness (QED) is 0.794. The van der Waals surface area contributed by atoms with Gasteiger partial charge in [0.2, 0.25) is 5.91 Å². The lowest BCUT2D eigenvalue weighted by atomic mass is 10.0. The maximum absolute atomic E-state index is 11.9. The van der Waals surface area contributed by atoms with Crippen LogP contribution < -0.4 is 5.32 Å². The molecule has 3 saturated carbocycles. The summed E-state index contributed by atoms with van der Waals surface area (Å²) in [6.07, 6.45) is 7.58. The van der Waals surface area contributed by atoms with Crippen LogP contribution in [0.4, 0.5) is 0 Å². The fourth-order valence-electron chi connectivity index (χ4n) is 3.53. The van der Waals surface area contributed by atoms with E-state index in [0.717, 1.165) is 18.4 Å². The van der Waals surface area contributed by atoms with Crippen molar-refractivity contribution in [3.8, 4) is 0 Å². The first-order valence-electron chi connectivity index (χ1n) is 6.66. The second-order valence-electron chi connectivity index (χ2n) is 5.88. The molecule has 0 aromatic rings. The number of hydrogen-bond donors (Lipinski definition) is 1. The lowest BCUT2D eigenvalue weighted by Gasteiger charge is -2.17. The molecule has 0 radical (unpaired) electrons. The molecule has 16 heavy (non-hydrogen) atoms. The number of carbonyl (C=O) groups is 1. The van der Waals surface area contributed by atoms with E-state index in [1.165, 1.54) is 38.5 Å². The van der Waals surface area contributed by atoms with Crippen LogP contribution in [0.1, 0.15) is 38.5 Å². The Bertz CT molecular complexity index is 284. The Morgan fingerprint density at radius 3 is 2.56 bits per heavy atom. The minimum atomic E-state index is 0.332. The Morgan fingerprint density at radius 2 is 1.94 bits per heavy atom. The van der Waals surface area contributed by atoms with Crippen LogP contribution in [-0.2, 0) is 4.79 Å². The molecule has 0 aliphatic heterocycles. The topological polar surface area (TPSA) is 29.1 Å². The highest BCUT2D eigenvalue weighted by Gasteiger charge is 2.48. The van der Waals surface area contributed by atoms with Gasteiger partial charge in [-0.25, -0.2) is 0 Å². The first kappa shape index (κ1) is 11.1. The van der Waals surface area contributed by atoms with Gasteiger partial charge in [0.25, 0.3) is 0 Å². The van der Waals surface area contributed by atoms with Crippen molar-refractivity contribution in [2.24, 2.45) is 23.7 Å². The van der Waals surface area contributed by atoms with Crippen molar-refractivity contribution in [1.29, 1.82) is 0 Å². The second kappa shape index (κ2) is 4.32. The Hall–Kier alpha value is -0.0500. The molecule has 0 saturated heterocycles. The third-order valence-corrected chi connectivity index (χ3v) is 5.92. The number of amides is 1. The summed E-state index contributed by atoms with van der Waals surface area (Å²) >= 11 is 3.70. The third-order valence-electron chi connectivity index (χ3n) is 4.72. The Labute approximate surface area is 106 Å². The Kier molecular flexibility index (Phi) is 2.99. The van der Waals surface area contributed by atoms with Gasteiger partial charge in [0.05, 0.1) is 0 Å². The van der Waals surface area contributed by atoms with Crippen LogP contribution in [0.2, 0.25) is 0 Å². The van der Waals surface area contributed by atoms with Crippen LogP contribution in [0, 0.1) is 23.7 Å². The summed E-state index contributed by atoms with van der Waals surface area (Å²) in [4.78, 5) is 12.6. The number of nitrogens with one attached hydrogen (secondary N) is 1. The first-order valence-corrected chi connectivity index (χ1v) is 7.57. The predicted molar refractivity (Wildman–Crippen MR) is 67.4 cm³/mol. The second-order valence-corrected chi connectivity index (χ2v) is 7.05. The smallest absolute Gasteiger partial charge is 0.223 e. The Balaban J connectivity index is 1.42. The van der Waals surface area contributed by atoms with Crippen molar-refractivity contribution in [2.45, 2.75) is 43.4 Å². The minimum Gasteiger partial charge on any atom is -0.356 e. The van der Waals surface area contributed by atoms with Gasteiger partial charge in [-0.3, -0.25) is 4.79 Å². The highest BCUT2D eigenvalue weighted by molar-refractivity contribution is 9.09. The molecule has 0 spiro atoms. The molecule has 4 unspecified atom stereocenters. The highest BCUT2D eigenvalue weighted by Crippen LogP contribution is 2.54. The van der Waals surface area contributed by atoms with Gasteiger partial charge in [0, 0.05) is 17.3 Å². The van der Waals surface area contributed by atoms with Crippen molar-refractivity contribution in [3.63, 3.8) is 0 Å². The minimum absolute atomic E-state index is 0.332. The van der Waals surface area contributed by atoms with E-state index >= 15 is 0 Å². The van der Waals surface area contributed by atoms with Crippen molar-refractivity contribution >= 4 is 21.8 Å². The average Bonchev–Trinajstić information content (AvgIpc) is 2.71. The molecule has 3 aliphatic carbocycles. The summed E-state index contributed by atoms with van der Waals surface area (Å²) in [5, 5.41) is 3.17. The largest absolute Gasteiger partial charge is 0.356 e. The van der Waals surface area contributed by atoms with Gasteiger partial charge in [0.15, 0.2) is 0 Å². The lowest BCUT2D eigenvalue weighted by Crippen LogP contribution is -2.35. The summed E-state index contributed by atoms with van der Waals surface area (Å²) in [5.41, 5.74) is 0. The van der Waals surface area contributed by atoms with Crippen LogP contribution in [0.5, 0.6) is 0 Å². The van der Waals surface area contributed by atoms with Gasteiger partial charge in [0.1, 0.15) is 0 Å². The van der Waals surface area contributed by atoms with Crippen molar-refractivity contribution in [3.05, 3.63) is 0 Å². The van der Waals surface area contributed by atoms with Crippen molar-refractivity contribution in [1.82, 2.24) is 5.32 Å². The predicted octanol–water partition coefficient (Wildman–Crippen LogP) is 2.71. The molecule has 3 aliphatic rings. The standard InChI is InChI=1S/C13H20BrNO/c14-12-3-1-2-8(12)7-15-13(16)11-5-9-4-10(9)6-11/h8-12H,1-7H2,(H,15,16). The SMILES string of the molecule is O=C(NCC1CCCC1Br)C1CC2CC2C1. The van der Waals surface area contributed by atoms with E-state index in [1.807, 2.05) is 0 Å². The van der Waals surface area contributed by atoms with Gasteiger partial charge < -0.3 is 5.32 Å². The monoisotopic (exact) mass is 285 g/mol. The maximum atomic E-state index is 11.9. The number of halogens is 1. The summed E-state index contributed by atoms with van der Waals surface area (Å²) in [7, 11) is 0. The van der Waals surface area contributed by atoms with Gasteiger partial charge in [-0.2, -0.15) is 0 Å². The van der Waals surface area contributed by atoms with Gasteiger partial charge in [-0.15, -0.1) is 0 Å². The van der Waals surface area contributed by atoms with E-state index in [1.54, 1.807) is 0 Å². The number of fused-ring (bicyclic) bond motifs is 1. The van der Waals surface area contributed by atoms with E-state index in [2.05, 4.69) is 21.2 Å². The summed E-state index contributed by atoms with van der Waals surface area (Å²) in [6.45, 7) is 0.889. The lowest BCUT2D eigenvalue weighted by molar-refractivity contribution is -0.125. The van der Waals surface area contributed by atoms with Gasteiger partial charge in [-0.1, -0.05) is 22.4 Å². The molecule has 2 nitrogen and oxygen atoms in total. The molecular formula is C13H20BrNO. The number of alkyl halides is 1. The molecule has 90 valence electrons. The van der Waals surface area contributed by atoms with E-state index in [4.69, 9.17) is 0 Å². The molecule has 0 bridgehead atoms. The van der Waals surface area contributed by atoms with Crippen molar-refractivity contribution < 1.29 is 4.79 Å². The summed E-state index contributed by atoms with van der Waals surface area (Å²) in [6, 6.07) is 0. The molecule has 1 N–H and O–H groups in total. The molecule has 1 amide bonds. The fraction of sp³-hybridized carbons (Fsp3) is 0.923. The van der Waals surface area contributed by atoms with Crippen molar-refractivity contribution in [2.75, 3.05) is 6.54 Å². The van der Waals surface area contributed by atoms with Crippen LogP contribution in [0.3, 0.4) is 0 Å². The summed E-state index contributed by atoms with van der Waals surface area (Å²) < 4.78 is 0. The normalized spacial score (nSPS) is 45.4. The fourth-order valence-corrected chi connectivity index (χ4v) is 4.30. The maximum Gasteiger partial charge on any atom is 0.223 e. The van der Waals surface area contributed by atoms with Crippen LogP contribution in [-0.4, -0.2) is 17.3 Å². The zero-order chi connectivity index (χ0) is 11.1. The first-order chi connectivity index (χ1) is 7.74. The molecule has 0 aromatic carbocycles. The molecule has 4 atom stereocenters. The molecular weight excluding hydrogens is 266 g/mol. The zero-order valence-corrected chi connectivity index (χ0v) is 11.2. The van der Waals surface area contributed by atoms with Crippen LogP contribution in [0.25, 0.3) is 0 Å². The number of rotatable bonds is 3. The zero-order valence-electron chi connectivity index (χ0n) is 9.62. The molecule has 3 heteroatoms. The van der Waals surface area contributed by atoms with E-state index < -0.39 is 0 Å². The highest BCUT2D eigenvalue weighted by atomic mass is 79.9. The third kappa shape index (κ3) is 2.15. The molecule has 3 rings (SSSR count). The van der Waals surface area contributed by atoms with E-state index in [-0.39, 0.29) is 0 Å². The molecule has 0 aromatic heterocycles. The van der Waals surface area contributed by atoms with Gasteiger partial charge >= 0.3 is 0 Å². The molecule has 0 heterocycles. The van der Waals surface area contributed by atoms with Crippen LogP contribution in [0.15, 0.2) is 0 Å². The number of carbonyl (C=O) groups excluding carboxylic acids is 1. The van der Waals surface area contributed by atoms with Gasteiger partial charge in [-0.05, 0) is 49.9 Å². The Morgan fingerprint density at radius 1 is 1.19 bits per heavy atom. The average molecular weight is 286 g/mol.